The van der Waals surface area contributed by atoms with Gasteiger partial charge in [0.1, 0.15) is 0 Å². The summed E-state index contributed by atoms with van der Waals surface area (Å²) in [5.41, 5.74) is 3.75. The molecular formula is C7H5ClF3N3O. The third-order valence-corrected chi connectivity index (χ3v) is 1.70. The Bertz CT molecular complexity index is 394. The van der Waals surface area contributed by atoms with Gasteiger partial charge >= 0.3 is 12.2 Å². The number of nitrogens with one attached hydrogen (secondary N) is 1. The summed E-state index contributed by atoms with van der Waals surface area (Å²) in [5.74, 6) is -0.211. The number of alkyl halides is 3. The van der Waals surface area contributed by atoms with E-state index in [0.717, 1.165) is 0 Å². The Morgan fingerprint density at radius 1 is 1.53 bits per heavy atom. The van der Waals surface area contributed by atoms with Crippen LogP contribution in [0.1, 0.15) is 5.56 Å². The van der Waals surface area contributed by atoms with Gasteiger partial charge in [0.2, 0.25) is 0 Å². The molecule has 0 bridgehead atoms. The van der Waals surface area contributed by atoms with Gasteiger partial charge in [-0.2, -0.15) is 13.2 Å². The molecule has 4 nitrogen and oxygen atoms in total. The molecule has 8 heteroatoms. The number of hydrogen-bond donors (Lipinski definition) is 2. The van der Waals surface area contributed by atoms with Crippen molar-refractivity contribution in [1.82, 2.24) is 4.98 Å². The molecule has 0 saturated heterocycles. The van der Waals surface area contributed by atoms with Crippen molar-refractivity contribution in [2.24, 2.45) is 5.73 Å². The first kappa shape index (κ1) is 11.6. The molecule has 0 saturated carbocycles. The van der Waals surface area contributed by atoms with E-state index in [1.165, 1.54) is 0 Å². The number of carbonyl (C=O) groups is 1. The molecule has 0 aromatic carbocycles. The van der Waals surface area contributed by atoms with Gasteiger partial charge in [-0.25, -0.2) is 9.78 Å². The predicted octanol–water partition coefficient (Wildman–Crippen LogP) is 2.24. The summed E-state index contributed by atoms with van der Waals surface area (Å²) >= 11 is 5.45. The molecule has 3 N–H and O–H groups in total. The Labute approximate surface area is 87.2 Å². The monoisotopic (exact) mass is 239 g/mol. The fourth-order valence-corrected chi connectivity index (χ4v) is 1.02. The van der Waals surface area contributed by atoms with Crippen molar-refractivity contribution >= 4 is 23.4 Å². The van der Waals surface area contributed by atoms with E-state index in [1.54, 1.807) is 0 Å². The van der Waals surface area contributed by atoms with E-state index in [1.807, 2.05) is 5.32 Å². The summed E-state index contributed by atoms with van der Waals surface area (Å²) in [6, 6.07) is -0.302. The molecule has 0 atom stereocenters. The number of halogens is 4. The van der Waals surface area contributed by atoms with Crippen LogP contribution in [0.5, 0.6) is 0 Å². The lowest BCUT2D eigenvalue weighted by molar-refractivity contribution is -0.137. The van der Waals surface area contributed by atoms with E-state index in [4.69, 9.17) is 17.3 Å². The molecule has 0 aliphatic heterocycles. The van der Waals surface area contributed by atoms with Crippen molar-refractivity contribution in [2.45, 2.75) is 6.18 Å². The van der Waals surface area contributed by atoms with Crippen LogP contribution in [0.15, 0.2) is 12.3 Å². The van der Waals surface area contributed by atoms with Gasteiger partial charge in [-0.05, 0) is 6.07 Å². The third-order valence-electron chi connectivity index (χ3n) is 1.41. The lowest BCUT2D eigenvalue weighted by Crippen LogP contribution is -2.20. The quantitative estimate of drug-likeness (QED) is 0.789. The largest absolute Gasteiger partial charge is 0.417 e. The molecule has 15 heavy (non-hydrogen) atoms. The van der Waals surface area contributed by atoms with Crippen LogP contribution in [0.4, 0.5) is 23.8 Å². The Hall–Kier alpha value is -1.50. The summed E-state index contributed by atoms with van der Waals surface area (Å²) in [6.45, 7) is 0. The Morgan fingerprint density at radius 3 is 2.53 bits per heavy atom. The Balaban J connectivity index is 3.03. The highest BCUT2D eigenvalue weighted by Gasteiger charge is 2.31. The van der Waals surface area contributed by atoms with Crippen molar-refractivity contribution in [2.75, 3.05) is 5.32 Å². The maximum atomic E-state index is 12.2. The van der Waals surface area contributed by atoms with Crippen LogP contribution < -0.4 is 11.1 Å². The van der Waals surface area contributed by atoms with Gasteiger partial charge in [0.25, 0.3) is 0 Å². The van der Waals surface area contributed by atoms with Crippen LogP contribution in [-0.2, 0) is 6.18 Å². The van der Waals surface area contributed by atoms with Gasteiger partial charge in [-0.1, -0.05) is 11.6 Å². The van der Waals surface area contributed by atoms with Crippen LogP contribution in [0, 0.1) is 0 Å². The van der Waals surface area contributed by atoms with E-state index in [9.17, 15) is 18.0 Å². The minimum atomic E-state index is -4.53. The molecular weight excluding hydrogens is 235 g/mol. The molecule has 0 aliphatic carbocycles. The second kappa shape index (κ2) is 3.93. The molecule has 1 aromatic heterocycles. The van der Waals surface area contributed by atoms with Crippen molar-refractivity contribution < 1.29 is 18.0 Å². The van der Waals surface area contributed by atoms with Gasteiger partial charge in [-0.15, -0.1) is 0 Å². The van der Waals surface area contributed by atoms with Crippen LogP contribution >= 0.6 is 11.6 Å². The smallest absolute Gasteiger partial charge is 0.351 e. The molecule has 82 valence electrons. The third kappa shape index (κ3) is 2.98. The van der Waals surface area contributed by atoms with E-state index < -0.39 is 17.8 Å². The first-order valence-corrected chi connectivity index (χ1v) is 3.97. The van der Waals surface area contributed by atoms with Gasteiger partial charge in [0.15, 0.2) is 5.82 Å². The molecule has 2 amide bonds. The minimum absolute atomic E-state index is 0.211. The van der Waals surface area contributed by atoms with E-state index in [-0.39, 0.29) is 10.8 Å². The van der Waals surface area contributed by atoms with E-state index in [0.29, 0.717) is 12.3 Å². The maximum Gasteiger partial charge on any atom is 0.417 e. The predicted molar refractivity (Wildman–Crippen MR) is 47.5 cm³/mol. The molecule has 0 aliphatic rings. The van der Waals surface area contributed by atoms with Crippen LogP contribution in [0.2, 0.25) is 5.02 Å². The molecule has 1 aromatic rings. The number of nitrogens with two attached hydrogens (primary N) is 1. The second-order valence-electron chi connectivity index (χ2n) is 2.54. The fourth-order valence-electron chi connectivity index (χ4n) is 0.802. The van der Waals surface area contributed by atoms with Crippen molar-refractivity contribution in [3.63, 3.8) is 0 Å². The van der Waals surface area contributed by atoms with Crippen molar-refractivity contribution in [3.8, 4) is 0 Å². The van der Waals surface area contributed by atoms with Gasteiger partial charge in [0.05, 0.1) is 10.6 Å². The first-order chi connectivity index (χ1) is 6.80. The number of rotatable bonds is 1. The number of urea groups is 1. The summed E-state index contributed by atoms with van der Waals surface area (Å²) in [7, 11) is 0. The molecule has 0 unspecified atom stereocenters. The molecule has 1 heterocycles. The fraction of sp³-hybridized carbons (Fsp3) is 0.143. The Morgan fingerprint density at radius 2 is 2.13 bits per heavy atom. The van der Waals surface area contributed by atoms with Gasteiger partial charge in [-0.3, -0.25) is 5.32 Å². The zero-order valence-corrected chi connectivity index (χ0v) is 7.86. The minimum Gasteiger partial charge on any atom is -0.351 e. The zero-order chi connectivity index (χ0) is 11.6. The second-order valence-corrected chi connectivity index (χ2v) is 2.95. The average molecular weight is 240 g/mol. The van der Waals surface area contributed by atoms with Crippen LogP contribution in [0.25, 0.3) is 0 Å². The van der Waals surface area contributed by atoms with E-state index in [2.05, 4.69) is 4.98 Å². The number of amides is 2. The standard InChI is InChI=1S/C7H5ClF3N3O/c8-4-1-3(7(9,10)11)2-13-5(4)14-6(12)15/h1-2H,(H3,12,13,14,15). The summed E-state index contributed by atoms with van der Waals surface area (Å²) in [4.78, 5) is 13.7. The number of anilines is 1. The number of aromatic nitrogens is 1. The molecule has 0 fully saturated rings. The SMILES string of the molecule is NC(=O)Nc1ncc(C(F)(F)F)cc1Cl. The normalized spacial score (nSPS) is 11.2. The number of carbonyl (C=O) groups excluding carboxylic acids is 1. The van der Waals surface area contributed by atoms with Crippen LogP contribution in [-0.4, -0.2) is 11.0 Å². The summed E-state index contributed by atoms with van der Waals surface area (Å²) in [5, 5.41) is 1.65. The lowest BCUT2D eigenvalue weighted by Gasteiger charge is -2.08. The number of nitrogens with zero attached hydrogens (tertiary/aromatic N) is 1. The first-order valence-electron chi connectivity index (χ1n) is 3.60. The maximum absolute atomic E-state index is 12.2. The van der Waals surface area contributed by atoms with Crippen molar-refractivity contribution in [3.05, 3.63) is 22.8 Å². The highest BCUT2D eigenvalue weighted by molar-refractivity contribution is 6.33. The Kier molecular flexibility index (Phi) is 3.04. The molecule has 0 spiro atoms. The topological polar surface area (TPSA) is 68.0 Å². The summed E-state index contributed by atoms with van der Waals surface area (Å²) < 4.78 is 36.5. The highest BCUT2D eigenvalue weighted by Crippen LogP contribution is 2.32. The number of primary amides is 1. The van der Waals surface area contributed by atoms with Gasteiger partial charge in [0, 0.05) is 6.20 Å². The lowest BCUT2D eigenvalue weighted by atomic mass is 10.3. The average Bonchev–Trinajstić information content (AvgIpc) is 2.05. The van der Waals surface area contributed by atoms with Crippen LogP contribution in [0.3, 0.4) is 0 Å². The number of hydrogen-bond acceptors (Lipinski definition) is 2. The number of pyridine rings is 1. The highest BCUT2D eigenvalue weighted by atomic mass is 35.5. The van der Waals surface area contributed by atoms with E-state index >= 15 is 0 Å². The zero-order valence-electron chi connectivity index (χ0n) is 7.10. The van der Waals surface area contributed by atoms with Crippen molar-refractivity contribution in [1.29, 1.82) is 0 Å². The summed E-state index contributed by atoms with van der Waals surface area (Å²) in [6.07, 6.45) is -3.97. The molecule has 1 rings (SSSR count). The molecule has 0 radical (unpaired) electrons. The van der Waals surface area contributed by atoms with Gasteiger partial charge < -0.3 is 5.73 Å².